The number of carbonyl (C=O) groups excluding carboxylic acids is 1. The summed E-state index contributed by atoms with van der Waals surface area (Å²) in [5, 5.41) is 3.69. The molecule has 0 bridgehead atoms. The number of carbonyl (C=O) groups is 1. The van der Waals surface area contributed by atoms with Crippen LogP contribution in [0, 0.1) is 5.92 Å². The van der Waals surface area contributed by atoms with Crippen LogP contribution < -0.4 is 5.32 Å². The van der Waals surface area contributed by atoms with Crippen LogP contribution in [-0.2, 0) is 0 Å². The first-order valence-electron chi connectivity index (χ1n) is 4.89. The van der Waals surface area contributed by atoms with E-state index >= 15 is 0 Å². The van der Waals surface area contributed by atoms with Gasteiger partial charge in [-0.3, -0.25) is 4.79 Å². The van der Waals surface area contributed by atoms with Gasteiger partial charge in [0, 0.05) is 11.4 Å². The average Bonchev–Trinajstić information content (AvgIpc) is 2.21. The fourth-order valence-electron chi connectivity index (χ4n) is 0.971. The number of benzene rings is 1. The zero-order valence-electron chi connectivity index (χ0n) is 9.09. The third-order valence-corrected chi connectivity index (χ3v) is 3.31. The number of thioether (sulfide) groups is 1. The number of hydrogen-bond acceptors (Lipinski definition) is 2. The molecule has 88 valence electrons. The summed E-state index contributed by atoms with van der Waals surface area (Å²) in [6.45, 7) is 4.77. The third-order valence-electron chi connectivity index (χ3n) is 1.76. The molecule has 0 aliphatic rings. The Morgan fingerprint density at radius 1 is 1.38 bits per heavy atom. The minimum Gasteiger partial charge on any atom is -0.346 e. The first-order chi connectivity index (χ1) is 7.49. The number of hydrogen-bond donors (Lipinski definition) is 1. The Balaban J connectivity index is 2.53. The van der Waals surface area contributed by atoms with Gasteiger partial charge in [0.1, 0.15) is 0 Å². The Kier molecular flexibility index (Phi) is 5.46. The van der Waals surface area contributed by atoms with Gasteiger partial charge in [0.25, 0.3) is 5.24 Å². The molecule has 0 atom stereocenters. The van der Waals surface area contributed by atoms with E-state index in [9.17, 15) is 4.79 Å². The van der Waals surface area contributed by atoms with E-state index in [-0.39, 0.29) is 5.24 Å². The predicted octanol–water partition coefficient (Wildman–Crippen LogP) is 4.45. The van der Waals surface area contributed by atoms with Crippen molar-refractivity contribution in [2.75, 3.05) is 6.54 Å². The molecule has 5 heteroatoms. The quantitative estimate of drug-likeness (QED) is 0.827. The van der Waals surface area contributed by atoms with Gasteiger partial charge in [0.15, 0.2) is 0 Å². The maximum Gasteiger partial charge on any atom is 0.283 e. The second-order valence-corrected chi connectivity index (χ2v) is 5.60. The Morgan fingerprint density at radius 3 is 2.62 bits per heavy atom. The van der Waals surface area contributed by atoms with Crippen molar-refractivity contribution in [2.24, 2.45) is 5.92 Å². The lowest BCUT2D eigenvalue weighted by Gasteiger charge is -2.07. The summed E-state index contributed by atoms with van der Waals surface area (Å²) in [4.78, 5) is 12.3. The maximum absolute atomic E-state index is 11.5. The SMILES string of the molecule is CC(C)CNC(=O)Sc1ccc(Cl)c(Cl)c1. The van der Waals surface area contributed by atoms with E-state index < -0.39 is 0 Å². The number of rotatable bonds is 3. The number of halogens is 2. The lowest BCUT2D eigenvalue weighted by molar-refractivity contribution is 0.259. The molecule has 0 saturated heterocycles. The Morgan fingerprint density at radius 2 is 2.06 bits per heavy atom. The van der Waals surface area contributed by atoms with Crippen molar-refractivity contribution < 1.29 is 4.79 Å². The second-order valence-electron chi connectivity index (χ2n) is 3.74. The van der Waals surface area contributed by atoms with Gasteiger partial charge < -0.3 is 5.32 Å². The molecule has 1 aromatic rings. The van der Waals surface area contributed by atoms with Crippen molar-refractivity contribution in [3.8, 4) is 0 Å². The van der Waals surface area contributed by atoms with Crippen LogP contribution in [0.15, 0.2) is 23.1 Å². The molecule has 1 rings (SSSR count). The fourth-order valence-corrected chi connectivity index (χ4v) is 2.02. The van der Waals surface area contributed by atoms with Gasteiger partial charge in [-0.1, -0.05) is 37.0 Å². The first kappa shape index (κ1) is 13.7. The molecule has 0 radical (unpaired) electrons. The Hall–Kier alpha value is -0.380. The van der Waals surface area contributed by atoms with Crippen LogP contribution in [0.25, 0.3) is 0 Å². The van der Waals surface area contributed by atoms with Gasteiger partial charge in [-0.05, 0) is 35.9 Å². The number of nitrogens with one attached hydrogen (secondary N) is 1. The van der Waals surface area contributed by atoms with E-state index in [1.54, 1.807) is 18.2 Å². The summed E-state index contributed by atoms with van der Waals surface area (Å²) in [7, 11) is 0. The summed E-state index contributed by atoms with van der Waals surface area (Å²) in [5.74, 6) is 0.443. The first-order valence-corrected chi connectivity index (χ1v) is 6.47. The molecule has 2 nitrogen and oxygen atoms in total. The zero-order valence-corrected chi connectivity index (χ0v) is 11.4. The van der Waals surface area contributed by atoms with Gasteiger partial charge in [-0.15, -0.1) is 0 Å². The van der Waals surface area contributed by atoms with Crippen LogP contribution in [-0.4, -0.2) is 11.8 Å². The minimum absolute atomic E-state index is 0.0768. The highest BCUT2D eigenvalue weighted by Crippen LogP contribution is 2.28. The maximum atomic E-state index is 11.5. The van der Waals surface area contributed by atoms with E-state index in [1.807, 2.05) is 13.8 Å². The average molecular weight is 278 g/mol. The smallest absolute Gasteiger partial charge is 0.283 e. The molecule has 0 aliphatic carbocycles. The van der Waals surface area contributed by atoms with E-state index in [0.29, 0.717) is 22.5 Å². The molecular weight excluding hydrogens is 265 g/mol. The van der Waals surface area contributed by atoms with Crippen LogP contribution in [0.3, 0.4) is 0 Å². The largest absolute Gasteiger partial charge is 0.346 e. The molecule has 0 unspecified atom stereocenters. The lowest BCUT2D eigenvalue weighted by Crippen LogP contribution is -2.23. The number of amides is 1. The van der Waals surface area contributed by atoms with Gasteiger partial charge >= 0.3 is 0 Å². The molecule has 0 aliphatic heterocycles. The molecule has 0 heterocycles. The van der Waals surface area contributed by atoms with Crippen LogP contribution in [0.2, 0.25) is 10.0 Å². The molecule has 0 saturated carbocycles. The molecule has 1 N–H and O–H groups in total. The lowest BCUT2D eigenvalue weighted by atomic mass is 10.2. The van der Waals surface area contributed by atoms with E-state index in [1.165, 1.54) is 0 Å². The van der Waals surface area contributed by atoms with E-state index in [2.05, 4.69) is 5.32 Å². The second kappa shape index (κ2) is 6.38. The highest BCUT2D eigenvalue weighted by Gasteiger charge is 2.06. The molecular formula is C11H13Cl2NOS. The molecule has 1 amide bonds. The molecule has 0 aromatic heterocycles. The van der Waals surface area contributed by atoms with Crippen molar-refractivity contribution in [3.05, 3.63) is 28.2 Å². The summed E-state index contributed by atoms with van der Waals surface area (Å²) >= 11 is 12.7. The normalized spacial score (nSPS) is 10.6. The minimum atomic E-state index is -0.0768. The highest BCUT2D eigenvalue weighted by atomic mass is 35.5. The Bertz CT molecular complexity index is 382. The van der Waals surface area contributed by atoms with Crippen molar-refractivity contribution in [1.82, 2.24) is 5.32 Å². The standard InChI is InChI=1S/C11H13Cl2NOS/c1-7(2)6-14-11(15)16-8-3-4-9(12)10(13)5-8/h3-5,7H,6H2,1-2H3,(H,14,15). The predicted molar refractivity (Wildman–Crippen MR) is 70.6 cm³/mol. The molecule has 16 heavy (non-hydrogen) atoms. The van der Waals surface area contributed by atoms with Crippen molar-refractivity contribution in [2.45, 2.75) is 18.7 Å². The third kappa shape index (κ3) is 4.64. The summed E-state index contributed by atoms with van der Waals surface area (Å²) in [5.41, 5.74) is 0. The topological polar surface area (TPSA) is 29.1 Å². The highest BCUT2D eigenvalue weighted by molar-refractivity contribution is 8.13. The van der Waals surface area contributed by atoms with Crippen molar-refractivity contribution in [1.29, 1.82) is 0 Å². The zero-order chi connectivity index (χ0) is 12.1. The van der Waals surface area contributed by atoms with Crippen LogP contribution in [0.4, 0.5) is 4.79 Å². The van der Waals surface area contributed by atoms with Crippen LogP contribution in [0.1, 0.15) is 13.8 Å². The molecule has 0 fully saturated rings. The van der Waals surface area contributed by atoms with E-state index in [4.69, 9.17) is 23.2 Å². The van der Waals surface area contributed by atoms with Gasteiger partial charge in [-0.25, -0.2) is 0 Å². The van der Waals surface area contributed by atoms with E-state index in [0.717, 1.165) is 16.7 Å². The molecule has 0 spiro atoms. The van der Waals surface area contributed by atoms with Crippen molar-refractivity contribution >= 4 is 40.2 Å². The summed E-state index contributed by atoms with van der Waals surface area (Å²) in [6.07, 6.45) is 0. The van der Waals surface area contributed by atoms with Gasteiger partial charge in [0.05, 0.1) is 10.0 Å². The summed E-state index contributed by atoms with van der Waals surface area (Å²) < 4.78 is 0. The van der Waals surface area contributed by atoms with Crippen molar-refractivity contribution in [3.63, 3.8) is 0 Å². The van der Waals surface area contributed by atoms with Gasteiger partial charge in [0.2, 0.25) is 0 Å². The van der Waals surface area contributed by atoms with Gasteiger partial charge in [-0.2, -0.15) is 0 Å². The summed E-state index contributed by atoms with van der Waals surface area (Å²) in [6, 6.07) is 5.14. The monoisotopic (exact) mass is 277 g/mol. The molecule has 1 aromatic carbocycles. The van der Waals surface area contributed by atoms with Crippen LogP contribution >= 0.6 is 35.0 Å². The van der Waals surface area contributed by atoms with Crippen LogP contribution in [0.5, 0.6) is 0 Å². The fraction of sp³-hybridized carbons (Fsp3) is 0.364. The Labute approximate surface area is 110 Å².